The van der Waals surface area contributed by atoms with Crippen LogP contribution >= 0.6 is 0 Å². The Labute approximate surface area is 128 Å². The van der Waals surface area contributed by atoms with E-state index < -0.39 is 16.2 Å². The Morgan fingerprint density at radius 3 is 2.48 bits per heavy atom. The monoisotopic (exact) mass is 321 g/mol. The Morgan fingerprint density at radius 2 is 1.95 bits per heavy atom. The van der Waals surface area contributed by atoms with Gasteiger partial charge in [-0.2, -0.15) is 17.0 Å². The number of esters is 1. The largest absolute Gasteiger partial charge is 0.469 e. The average molecular weight is 321 g/mol. The summed E-state index contributed by atoms with van der Waals surface area (Å²) in [6, 6.07) is 0.281. The van der Waals surface area contributed by atoms with Crippen LogP contribution in [0.3, 0.4) is 0 Å². The van der Waals surface area contributed by atoms with E-state index in [0.29, 0.717) is 13.1 Å². The van der Waals surface area contributed by atoms with E-state index in [1.807, 2.05) is 0 Å². The van der Waals surface area contributed by atoms with Crippen molar-refractivity contribution >= 4 is 16.2 Å². The SMILES string of the molecule is CCN(CC)C1CCN(S(=O)(=O)N(C)CCC(=O)OC)C1. The number of methoxy groups -OCH3 is 1. The smallest absolute Gasteiger partial charge is 0.306 e. The fraction of sp³-hybridized carbons (Fsp3) is 0.923. The van der Waals surface area contributed by atoms with Gasteiger partial charge in [-0.05, 0) is 19.5 Å². The highest BCUT2D eigenvalue weighted by Gasteiger charge is 2.35. The van der Waals surface area contributed by atoms with Gasteiger partial charge in [0.15, 0.2) is 0 Å². The molecule has 124 valence electrons. The molecule has 1 rings (SSSR count). The van der Waals surface area contributed by atoms with Crippen LogP contribution in [0.1, 0.15) is 26.7 Å². The zero-order valence-electron chi connectivity index (χ0n) is 13.4. The molecule has 1 unspecified atom stereocenters. The number of carbonyl (C=O) groups is 1. The minimum Gasteiger partial charge on any atom is -0.469 e. The van der Waals surface area contributed by atoms with E-state index in [4.69, 9.17) is 0 Å². The van der Waals surface area contributed by atoms with Crippen molar-refractivity contribution in [2.24, 2.45) is 0 Å². The summed E-state index contributed by atoms with van der Waals surface area (Å²) in [4.78, 5) is 13.4. The minimum absolute atomic E-state index is 0.0690. The van der Waals surface area contributed by atoms with Crippen LogP contribution in [0.4, 0.5) is 0 Å². The van der Waals surface area contributed by atoms with E-state index >= 15 is 0 Å². The van der Waals surface area contributed by atoms with Crippen molar-refractivity contribution in [2.75, 3.05) is 46.9 Å². The Bertz CT molecular complexity index is 437. The fourth-order valence-electron chi connectivity index (χ4n) is 2.62. The molecule has 0 aromatic carbocycles. The molecule has 1 saturated heterocycles. The maximum atomic E-state index is 12.5. The van der Waals surface area contributed by atoms with Crippen molar-refractivity contribution in [1.29, 1.82) is 0 Å². The topological polar surface area (TPSA) is 70.2 Å². The molecule has 0 aromatic rings. The van der Waals surface area contributed by atoms with Gasteiger partial charge in [-0.25, -0.2) is 0 Å². The summed E-state index contributed by atoms with van der Waals surface area (Å²) in [6.45, 7) is 7.22. The summed E-state index contributed by atoms with van der Waals surface area (Å²) in [7, 11) is -0.693. The number of nitrogens with zero attached hydrogens (tertiary/aromatic N) is 3. The number of hydrogen-bond acceptors (Lipinski definition) is 5. The van der Waals surface area contributed by atoms with Crippen molar-refractivity contribution in [1.82, 2.24) is 13.5 Å². The normalized spacial score (nSPS) is 20.4. The van der Waals surface area contributed by atoms with Crippen molar-refractivity contribution in [3.63, 3.8) is 0 Å². The number of likely N-dealkylation sites (N-methyl/N-ethyl adjacent to an activating group) is 1. The van der Waals surface area contributed by atoms with Crippen molar-refractivity contribution in [3.8, 4) is 0 Å². The first kappa shape index (κ1) is 18.3. The second-order valence-electron chi connectivity index (χ2n) is 5.18. The molecule has 0 bridgehead atoms. The van der Waals surface area contributed by atoms with Gasteiger partial charge >= 0.3 is 5.97 Å². The third-order valence-corrected chi connectivity index (χ3v) is 5.99. The summed E-state index contributed by atoms with van der Waals surface area (Å²) in [6.07, 6.45) is 0.922. The zero-order valence-corrected chi connectivity index (χ0v) is 14.2. The number of carbonyl (C=O) groups excluding carboxylic acids is 1. The van der Waals surface area contributed by atoms with Crippen LogP contribution in [0.5, 0.6) is 0 Å². The highest BCUT2D eigenvalue weighted by atomic mass is 32.2. The van der Waals surface area contributed by atoms with Crippen LogP contribution in [0.2, 0.25) is 0 Å². The van der Waals surface area contributed by atoms with E-state index in [2.05, 4.69) is 23.5 Å². The van der Waals surface area contributed by atoms with Gasteiger partial charge in [-0.15, -0.1) is 0 Å². The van der Waals surface area contributed by atoms with Crippen molar-refractivity contribution in [3.05, 3.63) is 0 Å². The molecule has 0 saturated carbocycles. The van der Waals surface area contributed by atoms with Crippen LogP contribution in [0.15, 0.2) is 0 Å². The average Bonchev–Trinajstić information content (AvgIpc) is 2.96. The molecule has 1 atom stereocenters. The molecule has 7 nitrogen and oxygen atoms in total. The van der Waals surface area contributed by atoms with Gasteiger partial charge in [0, 0.05) is 32.7 Å². The highest BCUT2D eigenvalue weighted by Crippen LogP contribution is 2.20. The second kappa shape index (κ2) is 8.07. The van der Waals surface area contributed by atoms with Crippen LogP contribution < -0.4 is 0 Å². The van der Waals surface area contributed by atoms with Gasteiger partial charge in [-0.1, -0.05) is 13.8 Å². The van der Waals surface area contributed by atoms with Gasteiger partial charge < -0.3 is 4.74 Å². The standard InChI is InChI=1S/C13H27N3O4S/c1-5-15(6-2)12-7-10-16(11-12)21(18,19)14(3)9-8-13(17)20-4/h12H,5-11H2,1-4H3. The van der Waals surface area contributed by atoms with Gasteiger partial charge in [0.25, 0.3) is 10.2 Å². The molecule has 0 aromatic heterocycles. The molecule has 0 radical (unpaired) electrons. The molecule has 0 spiro atoms. The molecule has 1 aliphatic rings. The summed E-state index contributed by atoms with van der Waals surface area (Å²) < 4.78 is 32.2. The Balaban J connectivity index is 2.61. The van der Waals surface area contributed by atoms with Gasteiger partial charge in [0.2, 0.25) is 0 Å². The maximum absolute atomic E-state index is 12.5. The third-order valence-electron chi connectivity index (χ3n) is 4.03. The van der Waals surface area contributed by atoms with Crippen LogP contribution in [0, 0.1) is 0 Å². The Hall–Kier alpha value is -0.700. The summed E-state index contributed by atoms with van der Waals surface area (Å²) in [5.74, 6) is -0.403. The van der Waals surface area contributed by atoms with E-state index in [0.717, 1.165) is 19.5 Å². The lowest BCUT2D eigenvalue weighted by Gasteiger charge is -2.27. The molecule has 0 aliphatic carbocycles. The molecule has 0 amide bonds. The number of hydrogen-bond donors (Lipinski definition) is 0. The summed E-state index contributed by atoms with van der Waals surface area (Å²) in [5, 5.41) is 0. The van der Waals surface area contributed by atoms with Crippen molar-refractivity contribution < 1.29 is 17.9 Å². The summed E-state index contributed by atoms with van der Waals surface area (Å²) in [5.41, 5.74) is 0. The summed E-state index contributed by atoms with van der Waals surface area (Å²) >= 11 is 0. The fourth-order valence-corrected chi connectivity index (χ4v) is 4.03. The first-order chi connectivity index (χ1) is 9.86. The Morgan fingerprint density at radius 1 is 1.33 bits per heavy atom. The predicted molar refractivity (Wildman–Crippen MR) is 81.1 cm³/mol. The van der Waals surface area contributed by atoms with Gasteiger partial charge in [0.05, 0.1) is 13.5 Å². The molecule has 21 heavy (non-hydrogen) atoms. The van der Waals surface area contributed by atoms with E-state index in [1.165, 1.54) is 22.8 Å². The van der Waals surface area contributed by atoms with Gasteiger partial charge in [-0.3, -0.25) is 9.69 Å². The first-order valence-electron chi connectivity index (χ1n) is 7.39. The lowest BCUT2D eigenvalue weighted by atomic mass is 10.2. The molecule has 1 heterocycles. The third kappa shape index (κ3) is 4.64. The first-order valence-corrected chi connectivity index (χ1v) is 8.78. The van der Waals surface area contributed by atoms with Crippen LogP contribution in [-0.4, -0.2) is 80.8 Å². The van der Waals surface area contributed by atoms with Crippen LogP contribution in [-0.2, 0) is 19.7 Å². The van der Waals surface area contributed by atoms with Crippen LogP contribution in [0.25, 0.3) is 0 Å². The number of ether oxygens (including phenoxy) is 1. The molecule has 0 N–H and O–H groups in total. The molecule has 1 fully saturated rings. The molecular weight excluding hydrogens is 294 g/mol. The highest BCUT2D eigenvalue weighted by molar-refractivity contribution is 7.86. The molecule has 1 aliphatic heterocycles. The minimum atomic E-state index is -3.49. The van der Waals surface area contributed by atoms with Gasteiger partial charge in [0.1, 0.15) is 0 Å². The Kier molecular flexibility index (Phi) is 7.05. The second-order valence-corrected chi connectivity index (χ2v) is 7.21. The zero-order chi connectivity index (χ0) is 16.0. The lowest BCUT2D eigenvalue weighted by Crippen LogP contribution is -2.44. The maximum Gasteiger partial charge on any atom is 0.306 e. The molecule has 8 heteroatoms. The van der Waals surface area contributed by atoms with E-state index in [1.54, 1.807) is 0 Å². The van der Waals surface area contributed by atoms with Crippen molar-refractivity contribution in [2.45, 2.75) is 32.7 Å². The predicted octanol–water partition coefficient (Wildman–Crippen LogP) is 0.142. The number of rotatable bonds is 8. The van der Waals surface area contributed by atoms with E-state index in [-0.39, 0.29) is 19.0 Å². The lowest BCUT2D eigenvalue weighted by molar-refractivity contribution is -0.140. The molecular formula is C13H27N3O4S. The van der Waals surface area contributed by atoms with E-state index in [9.17, 15) is 13.2 Å². The quantitative estimate of drug-likeness (QED) is 0.595.